The maximum absolute atomic E-state index is 12.8. The van der Waals surface area contributed by atoms with Gasteiger partial charge in [-0.2, -0.15) is 0 Å². The van der Waals surface area contributed by atoms with Gasteiger partial charge in [0.2, 0.25) is 0 Å². The normalized spacial score (nSPS) is 20.8. The third-order valence-corrected chi connectivity index (χ3v) is 3.31. The van der Waals surface area contributed by atoms with Crippen molar-refractivity contribution in [2.75, 3.05) is 20.1 Å². The molecule has 0 radical (unpaired) electrons. The molecular weight excluding hydrogens is 215 g/mol. The first-order valence-electron chi connectivity index (χ1n) is 6.40. The molecule has 1 heterocycles. The van der Waals surface area contributed by atoms with Crippen LogP contribution in [0, 0.1) is 5.82 Å². The first kappa shape index (κ1) is 12.5. The van der Waals surface area contributed by atoms with Crippen LogP contribution in [0.2, 0.25) is 0 Å². The summed E-state index contributed by atoms with van der Waals surface area (Å²) in [7, 11) is 2.12. The summed E-state index contributed by atoms with van der Waals surface area (Å²) in [5, 5.41) is 3.54. The highest BCUT2D eigenvalue weighted by Crippen LogP contribution is 2.10. The van der Waals surface area contributed by atoms with Gasteiger partial charge in [-0.25, -0.2) is 4.39 Å². The SMILES string of the molecule is CN(Cc1ccc(F)cc1)CC1CCCCN1. The largest absolute Gasteiger partial charge is 0.313 e. The van der Waals surface area contributed by atoms with E-state index in [9.17, 15) is 4.39 Å². The fourth-order valence-corrected chi connectivity index (χ4v) is 2.42. The van der Waals surface area contributed by atoms with Crippen molar-refractivity contribution in [3.05, 3.63) is 35.6 Å². The van der Waals surface area contributed by atoms with E-state index in [0.29, 0.717) is 6.04 Å². The van der Waals surface area contributed by atoms with Crippen LogP contribution in [0.25, 0.3) is 0 Å². The number of halogens is 1. The highest BCUT2D eigenvalue weighted by molar-refractivity contribution is 5.15. The van der Waals surface area contributed by atoms with Crippen LogP contribution in [0.4, 0.5) is 4.39 Å². The van der Waals surface area contributed by atoms with Crippen molar-refractivity contribution in [2.45, 2.75) is 31.8 Å². The van der Waals surface area contributed by atoms with E-state index >= 15 is 0 Å². The summed E-state index contributed by atoms with van der Waals surface area (Å²) in [5.74, 6) is -0.162. The van der Waals surface area contributed by atoms with Crippen LogP contribution < -0.4 is 5.32 Å². The second-order valence-corrected chi connectivity index (χ2v) is 4.97. The Hall–Kier alpha value is -0.930. The number of benzene rings is 1. The standard InChI is InChI=1S/C14H21FN2/c1-17(11-14-4-2-3-9-16-14)10-12-5-7-13(15)8-6-12/h5-8,14,16H,2-4,9-11H2,1H3. The van der Waals surface area contributed by atoms with E-state index in [1.54, 1.807) is 0 Å². The number of hydrogen-bond donors (Lipinski definition) is 1. The summed E-state index contributed by atoms with van der Waals surface area (Å²) >= 11 is 0. The molecule has 2 nitrogen and oxygen atoms in total. The number of nitrogens with zero attached hydrogens (tertiary/aromatic N) is 1. The fourth-order valence-electron chi connectivity index (χ4n) is 2.42. The van der Waals surface area contributed by atoms with Crippen molar-refractivity contribution in [1.29, 1.82) is 0 Å². The lowest BCUT2D eigenvalue weighted by Gasteiger charge is -2.28. The molecule has 1 saturated heterocycles. The van der Waals surface area contributed by atoms with E-state index in [2.05, 4.69) is 17.3 Å². The van der Waals surface area contributed by atoms with Crippen molar-refractivity contribution >= 4 is 0 Å². The smallest absolute Gasteiger partial charge is 0.123 e. The Kier molecular flexibility index (Phi) is 4.51. The highest BCUT2D eigenvalue weighted by Gasteiger charge is 2.14. The molecule has 2 rings (SSSR count). The van der Waals surface area contributed by atoms with Gasteiger partial charge in [-0.3, -0.25) is 0 Å². The lowest BCUT2D eigenvalue weighted by Crippen LogP contribution is -2.42. The molecule has 1 fully saturated rings. The number of piperidine rings is 1. The maximum atomic E-state index is 12.8. The van der Waals surface area contributed by atoms with Crippen LogP contribution in [0.5, 0.6) is 0 Å². The molecule has 3 heteroatoms. The molecule has 1 N–H and O–H groups in total. The van der Waals surface area contributed by atoms with Gasteiger partial charge in [0.15, 0.2) is 0 Å². The van der Waals surface area contributed by atoms with Crippen LogP contribution in [0.3, 0.4) is 0 Å². The van der Waals surface area contributed by atoms with Gasteiger partial charge in [-0.15, -0.1) is 0 Å². The van der Waals surface area contributed by atoms with Gasteiger partial charge >= 0.3 is 0 Å². The first-order chi connectivity index (χ1) is 8.24. The maximum Gasteiger partial charge on any atom is 0.123 e. The Morgan fingerprint density at radius 3 is 2.71 bits per heavy atom. The molecule has 0 saturated carbocycles. The monoisotopic (exact) mass is 236 g/mol. The molecule has 0 bridgehead atoms. The third-order valence-electron chi connectivity index (χ3n) is 3.31. The van der Waals surface area contributed by atoms with E-state index in [1.165, 1.54) is 37.0 Å². The quantitative estimate of drug-likeness (QED) is 0.863. The third kappa shape index (κ3) is 4.10. The lowest BCUT2D eigenvalue weighted by molar-refractivity contribution is 0.256. The summed E-state index contributed by atoms with van der Waals surface area (Å²) in [6.07, 6.45) is 3.91. The molecule has 1 aromatic carbocycles. The lowest BCUT2D eigenvalue weighted by atomic mass is 10.0. The Balaban J connectivity index is 1.79. The topological polar surface area (TPSA) is 15.3 Å². The number of likely N-dealkylation sites (N-methyl/N-ethyl adjacent to an activating group) is 1. The molecular formula is C14H21FN2. The summed E-state index contributed by atoms with van der Waals surface area (Å²) < 4.78 is 12.8. The van der Waals surface area contributed by atoms with Crippen LogP contribution >= 0.6 is 0 Å². The minimum Gasteiger partial charge on any atom is -0.313 e. The second-order valence-electron chi connectivity index (χ2n) is 4.97. The predicted molar refractivity (Wildman–Crippen MR) is 68.4 cm³/mol. The van der Waals surface area contributed by atoms with E-state index in [4.69, 9.17) is 0 Å². The van der Waals surface area contributed by atoms with Crippen LogP contribution in [0.15, 0.2) is 24.3 Å². The first-order valence-corrected chi connectivity index (χ1v) is 6.40. The van der Waals surface area contributed by atoms with Gasteiger partial charge in [0, 0.05) is 19.1 Å². The van der Waals surface area contributed by atoms with Gasteiger partial charge < -0.3 is 10.2 Å². The van der Waals surface area contributed by atoms with Crippen molar-refractivity contribution in [2.24, 2.45) is 0 Å². The van der Waals surface area contributed by atoms with Crippen LogP contribution in [0.1, 0.15) is 24.8 Å². The zero-order valence-corrected chi connectivity index (χ0v) is 10.5. The van der Waals surface area contributed by atoms with Gasteiger partial charge in [-0.1, -0.05) is 18.6 Å². The highest BCUT2D eigenvalue weighted by atomic mass is 19.1. The molecule has 0 spiro atoms. The van der Waals surface area contributed by atoms with E-state index in [1.807, 2.05) is 12.1 Å². The summed E-state index contributed by atoms with van der Waals surface area (Å²) in [6.45, 7) is 3.10. The second kappa shape index (κ2) is 6.12. The Morgan fingerprint density at radius 1 is 1.29 bits per heavy atom. The Morgan fingerprint density at radius 2 is 2.06 bits per heavy atom. The molecule has 94 valence electrons. The fraction of sp³-hybridized carbons (Fsp3) is 0.571. The molecule has 1 aliphatic rings. The van der Waals surface area contributed by atoms with Crippen LogP contribution in [-0.2, 0) is 6.54 Å². The van der Waals surface area contributed by atoms with Crippen LogP contribution in [-0.4, -0.2) is 31.1 Å². The molecule has 1 atom stereocenters. The number of rotatable bonds is 4. The summed E-state index contributed by atoms with van der Waals surface area (Å²) in [6, 6.07) is 7.40. The van der Waals surface area contributed by atoms with Gasteiger partial charge in [0.25, 0.3) is 0 Å². The van der Waals surface area contributed by atoms with E-state index < -0.39 is 0 Å². The Bertz CT molecular complexity index is 331. The van der Waals surface area contributed by atoms with Crippen molar-refractivity contribution in [3.8, 4) is 0 Å². The minimum atomic E-state index is -0.162. The molecule has 1 aromatic rings. The van der Waals surface area contributed by atoms with E-state index in [0.717, 1.165) is 19.6 Å². The van der Waals surface area contributed by atoms with Crippen molar-refractivity contribution in [1.82, 2.24) is 10.2 Å². The van der Waals surface area contributed by atoms with Crippen molar-refractivity contribution < 1.29 is 4.39 Å². The van der Waals surface area contributed by atoms with Gasteiger partial charge in [0.1, 0.15) is 5.82 Å². The molecule has 17 heavy (non-hydrogen) atoms. The Labute approximate surface area is 103 Å². The molecule has 0 amide bonds. The average Bonchev–Trinajstić information content (AvgIpc) is 2.33. The molecule has 0 aliphatic carbocycles. The zero-order valence-electron chi connectivity index (χ0n) is 10.5. The molecule has 0 aromatic heterocycles. The van der Waals surface area contributed by atoms with Crippen molar-refractivity contribution in [3.63, 3.8) is 0 Å². The van der Waals surface area contributed by atoms with Gasteiger partial charge in [-0.05, 0) is 44.1 Å². The molecule has 1 aliphatic heterocycles. The summed E-state index contributed by atoms with van der Waals surface area (Å²) in [4.78, 5) is 2.30. The minimum absolute atomic E-state index is 0.162. The summed E-state index contributed by atoms with van der Waals surface area (Å²) in [5.41, 5.74) is 1.17. The number of nitrogens with one attached hydrogen (secondary N) is 1. The average molecular weight is 236 g/mol. The van der Waals surface area contributed by atoms with Gasteiger partial charge in [0.05, 0.1) is 0 Å². The van der Waals surface area contributed by atoms with E-state index in [-0.39, 0.29) is 5.82 Å². The predicted octanol–water partition coefficient (Wildman–Crippen LogP) is 2.40. The zero-order chi connectivity index (χ0) is 12.1. The number of hydrogen-bond acceptors (Lipinski definition) is 2. The molecule has 1 unspecified atom stereocenters.